The van der Waals surface area contributed by atoms with Crippen LogP contribution in [0, 0.1) is 5.82 Å². The number of ether oxygens (including phenoxy) is 2. The maximum Gasteiger partial charge on any atom is 0.261 e. The van der Waals surface area contributed by atoms with Crippen LogP contribution in [0.3, 0.4) is 0 Å². The predicted octanol–water partition coefficient (Wildman–Crippen LogP) is 3.59. The van der Waals surface area contributed by atoms with Gasteiger partial charge in [-0.15, -0.1) is 0 Å². The highest BCUT2D eigenvalue weighted by molar-refractivity contribution is 5.84. The molecule has 0 bridgehead atoms. The zero-order valence-electron chi connectivity index (χ0n) is 15.5. The van der Waals surface area contributed by atoms with Gasteiger partial charge in [-0.05, 0) is 60.4 Å². The number of hydrogen-bond donors (Lipinski definition) is 1. The van der Waals surface area contributed by atoms with Crippen LogP contribution in [0.25, 0.3) is 22.6 Å². The van der Waals surface area contributed by atoms with Crippen LogP contribution in [0.1, 0.15) is 24.2 Å². The predicted molar refractivity (Wildman–Crippen MR) is 104 cm³/mol. The van der Waals surface area contributed by atoms with Gasteiger partial charge in [-0.25, -0.2) is 9.37 Å². The molecule has 0 fully saturated rings. The number of allylic oxidation sites excluding steroid dienone is 1. The standard InChI is InChI=1S/C21H19FN2O4/c1-27-17-9-12(10-18(28-2)19(17)25)8-13-4-3-7-24-20(13)23-16-6-5-14(22)11-15(16)21(24)26/h5-6,8-11,25H,3-4,7H2,1-2H3/b13-8+. The number of phenols is 1. The third-order valence-electron chi connectivity index (χ3n) is 4.87. The molecule has 4 rings (SSSR count). The molecule has 0 unspecified atom stereocenters. The van der Waals surface area contributed by atoms with Crippen LogP contribution in [-0.2, 0) is 6.54 Å². The molecular formula is C21H19FN2O4. The van der Waals surface area contributed by atoms with E-state index >= 15 is 0 Å². The zero-order chi connectivity index (χ0) is 19.8. The summed E-state index contributed by atoms with van der Waals surface area (Å²) in [6.45, 7) is 0.535. The minimum atomic E-state index is -0.457. The monoisotopic (exact) mass is 382 g/mol. The van der Waals surface area contributed by atoms with Crippen LogP contribution in [0.2, 0.25) is 0 Å². The fourth-order valence-electron chi connectivity index (χ4n) is 3.52. The molecule has 1 aliphatic heterocycles. The highest BCUT2D eigenvalue weighted by Gasteiger charge is 2.20. The Kier molecular flexibility index (Phi) is 4.50. The molecule has 0 saturated carbocycles. The molecule has 28 heavy (non-hydrogen) atoms. The van der Waals surface area contributed by atoms with Crippen LogP contribution in [0.15, 0.2) is 35.1 Å². The number of methoxy groups -OCH3 is 2. The maximum atomic E-state index is 13.6. The molecular weight excluding hydrogens is 363 g/mol. The Labute approximate surface area is 160 Å². The van der Waals surface area contributed by atoms with Crippen LogP contribution in [0.5, 0.6) is 17.2 Å². The van der Waals surface area contributed by atoms with E-state index in [2.05, 4.69) is 4.98 Å². The molecule has 3 aromatic rings. The minimum Gasteiger partial charge on any atom is -0.502 e. The van der Waals surface area contributed by atoms with Gasteiger partial charge in [0.1, 0.15) is 11.6 Å². The minimum absolute atomic E-state index is 0.0708. The maximum absolute atomic E-state index is 13.6. The van der Waals surface area contributed by atoms with Gasteiger partial charge in [0.25, 0.3) is 5.56 Å². The van der Waals surface area contributed by atoms with Crippen molar-refractivity contribution in [2.24, 2.45) is 0 Å². The third-order valence-corrected chi connectivity index (χ3v) is 4.87. The van der Waals surface area contributed by atoms with Gasteiger partial charge < -0.3 is 14.6 Å². The Balaban J connectivity index is 1.90. The molecule has 7 heteroatoms. The van der Waals surface area contributed by atoms with Crippen LogP contribution in [0.4, 0.5) is 4.39 Å². The number of phenolic OH excluding ortho intramolecular Hbond substituents is 1. The van der Waals surface area contributed by atoms with E-state index in [-0.39, 0.29) is 16.7 Å². The number of aromatic hydroxyl groups is 1. The average molecular weight is 382 g/mol. The van der Waals surface area contributed by atoms with Crippen molar-refractivity contribution in [3.05, 3.63) is 57.9 Å². The third kappa shape index (κ3) is 2.98. The molecule has 2 aromatic carbocycles. The van der Waals surface area contributed by atoms with Crippen LogP contribution < -0.4 is 15.0 Å². The van der Waals surface area contributed by atoms with E-state index in [1.54, 1.807) is 16.7 Å². The van der Waals surface area contributed by atoms with E-state index in [1.807, 2.05) is 6.08 Å². The van der Waals surface area contributed by atoms with Gasteiger partial charge in [0.2, 0.25) is 5.75 Å². The summed E-state index contributed by atoms with van der Waals surface area (Å²) in [6.07, 6.45) is 3.41. The summed E-state index contributed by atoms with van der Waals surface area (Å²) in [5.41, 5.74) is 1.85. The molecule has 0 atom stereocenters. The second-order valence-corrected chi connectivity index (χ2v) is 6.60. The van der Waals surface area contributed by atoms with E-state index < -0.39 is 5.82 Å². The van der Waals surface area contributed by atoms with Gasteiger partial charge in [0.15, 0.2) is 11.5 Å². The first-order chi connectivity index (χ1) is 13.5. The van der Waals surface area contributed by atoms with E-state index in [9.17, 15) is 14.3 Å². The number of aromatic nitrogens is 2. The summed E-state index contributed by atoms with van der Waals surface area (Å²) < 4.78 is 25.6. The number of halogens is 1. The largest absolute Gasteiger partial charge is 0.502 e. The number of fused-ring (bicyclic) bond motifs is 2. The van der Waals surface area contributed by atoms with Crippen molar-refractivity contribution >= 4 is 22.6 Å². The summed E-state index contributed by atoms with van der Waals surface area (Å²) in [6, 6.07) is 7.43. The van der Waals surface area contributed by atoms with Crippen molar-refractivity contribution < 1.29 is 19.0 Å². The molecule has 6 nitrogen and oxygen atoms in total. The lowest BCUT2D eigenvalue weighted by Crippen LogP contribution is -2.28. The average Bonchev–Trinajstić information content (AvgIpc) is 2.70. The number of benzene rings is 2. The first-order valence-electron chi connectivity index (χ1n) is 8.88. The first-order valence-corrected chi connectivity index (χ1v) is 8.88. The molecule has 0 radical (unpaired) electrons. The first kappa shape index (κ1) is 18.0. The highest BCUT2D eigenvalue weighted by Crippen LogP contribution is 2.38. The Morgan fingerprint density at radius 1 is 1.18 bits per heavy atom. The topological polar surface area (TPSA) is 73.6 Å². The van der Waals surface area contributed by atoms with Crippen LogP contribution in [-0.4, -0.2) is 28.9 Å². The lowest BCUT2D eigenvalue weighted by atomic mass is 10.0. The summed E-state index contributed by atoms with van der Waals surface area (Å²) in [4.78, 5) is 17.4. The summed E-state index contributed by atoms with van der Waals surface area (Å²) in [7, 11) is 2.93. The van der Waals surface area contributed by atoms with E-state index in [0.29, 0.717) is 29.4 Å². The second kappa shape index (κ2) is 6.99. The van der Waals surface area contributed by atoms with Gasteiger partial charge in [-0.3, -0.25) is 9.36 Å². The molecule has 0 spiro atoms. The Hall–Kier alpha value is -3.35. The molecule has 0 amide bonds. The van der Waals surface area contributed by atoms with Crippen molar-refractivity contribution in [1.29, 1.82) is 0 Å². The van der Waals surface area contributed by atoms with Crippen LogP contribution >= 0.6 is 0 Å². The molecule has 144 valence electrons. The van der Waals surface area contributed by atoms with E-state index in [1.165, 1.54) is 32.4 Å². The van der Waals surface area contributed by atoms with Gasteiger partial charge in [0.05, 0.1) is 25.1 Å². The molecule has 0 aliphatic carbocycles. The summed E-state index contributed by atoms with van der Waals surface area (Å²) in [5, 5.41) is 10.4. The van der Waals surface area contributed by atoms with E-state index in [4.69, 9.17) is 9.47 Å². The smallest absolute Gasteiger partial charge is 0.261 e. The van der Waals surface area contributed by atoms with Gasteiger partial charge in [0, 0.05) is 6.54 Å². The second-order valence-electron chi connectivity index (χ2n) is 6.60. The normalized spacial score (nSPS) is 14.9. The molecule has 1 N–H and O–H groups in total. The summed E-state index contributed by atoms with van der Waals surface area (Å²) >= 11 is 0. The van der Waals surface area contributed by atoms with Gasteiger partial charge >= 0.3 is 0 Å². The van der Waals surface area contributed by atoms with E-state index in [0.717, 1.165) is 24.0 Å². The number of nitrogens with zero attached hydrogens (tertiary/aromatic N) is 2. The lowest BCUT2D eigenvalue weighted by molar-refractivity contribution is 0.340. The number of hydrogen-bond acceptors (Lipinski definition) is 5. The van der Waals surface area contributed by atoms with Gasteiger partial charge in [-0.2, -0.15) is 0 Å². The fourth-order valence-corrected chi connectivity index (χ4v) is 3.52. The van der Waals surface area contributed by atoms with Crippen molar-refractivity contribution in [3.8, 4) is 17.2 Å². The van der Waals surface area contributed by atoms with Crippen molar-refractivity contribution in [2.75, 3.05) is 14.2 Å². The fraction of sp³-hybridized carbons (Fsp3) is 0.238. The number of rotatable bonds is 3. The SMILES string of the molecule is COc1cc(/C=C2\CCCn3c2nc2ccc(F)cc2c3=O)cc(OC)c1O. The Morgan fingerprint density at radius 2 is 1.89 bits per heavy atom. The molecule has 2 heterocycles. The Bertz CT molecular complexity index is 1140. The summed E-state index contributed by atoms with van der Waals surface area (Å²) in [5.74, 6) is 0.629. The van der Waals surface area contributed by atoms with Gasteiger partial charge in [-0.1, -0.05) is 0 Å². The molecule has 0 saturated heterocycles. The molecule has 1 aliphatic rings. The quantitative estimate of drug-likeness (QED) is 0.749. The van der Waals surface area contributed by atoms with Crippen molar-refractivity contribution in [1.82, 2.24) is 9.55 Å². The zero-order valence-corrected chi connectivity index (χ0v) is 15.5. The highest BCUT2D eigenvalue weighted by atomic mass is 19.1. The lowest BCUT2D eigenvalue weighted by Gasteiger charge is -2.21. The van der Waals surface area contributed by atoms with Crippen molar-refractivity contribution in [2.45, 2.75) is 19.4 Å². The molecule has 1 aromatic heterocycles. The Morgan fingerprint density at radius 3 is 2.57 bits per heavy atom. The van der Waals surface area contributed by atoms with Crippen molar-refractivity contribution in [3.63, 3.8) is 0 Å².